The maximum absolute atomic E-state index is 12.4. The summed E-state index contributed by atoms with van der Waals surface area (Å²) in [5.41, 5.74) is 3.03. The number of hydrogen-bond acceptors (Lipinski definition) is 2. The lowest BCUT2D eigenvalue weighted by Crippen LogP contribution is -2.33. The molecule has 1 aliphatic heterocycles. The van der Waals surface area contributed by atoms with Crippen molar-refractivity contribution in [3.8, 4) is 0 Å². The minimum absolute atomic E-state index is 0.173. The largest absolute Gasteiger partial charge is 0.338 e. The van der Waals surface area contributed by atoms with Crippen LogP contribution in [0.2, 0.25) is 0 Å². The number of rotatable bonds is 2. The van der Waals surface area contributed by atoms with E-state index in [2.05, 4.69) is 38.8 Å². The van der Waals surface area contributed by atoms with Gasteiger partial charge in [-0.2, -0.15) is 0 Å². The fourth-order valence-corrected chi connectivity index (χ4v) is 3.54. The molecule has 0 atom stereocenters. The van der Waals surface area contributed by atoms with Crippen LogP contribution in [0.3, 0.4) is 0 Å². The Morgan fingerprint density at radius 2 is 1.90 bits per heavy atom. The van der Waals surface area contributed by atoms with Crippen molar-refractivity contribution >= 4 is 5.91 Å². The summed E-state index contributed by atoms with van der Waals surface area (Å²) in [5.74, 6) is 0.173. The molecule has 0 bridgehead atoms. The van der Waals surface area contributed by atoms with Gasteiger partial charge in [-0.3, -0.25) is 4.79 Å². The summed E-state index contributed by atoms with van der Waals surface area (Å²) in [5, 5.41) is 0. The first-order valence-electron chi connectivity index (χ1n) is 8.26. The zero-order valence-electron chi connectivity index (χ0n) is 14.1. The molecule has 2 rings (SSSR count). The third-order valence-corrected chi connectivity index (χ3v) is 4.97. The number of nitrogens with zero attached hydrogens (tertiary/aromatic N) is 2. The van der Waals surface area contributed by atoms with Gasteiger partial charge in [0, 0.05) is 25.7 Å². The van der Waals surface area contributed by atoms with Crippen LogP contribution in [0.1, 0.15) is 46.5 Å². The highest BCUT2D eigenvalue weighted by atomic mass is 16.2. The Kier molecular flexibility index (Phi) is 5.26. The lowest BCUT2D eigenvalue weighted by Gasteiger charge is -2.33. The third kappa shape index (κ3) is 4.19. The van der Waals surface area contributed by atoms with Gasteiger partial charge < -0.3 is 9.80 Å². The van der Waals surface area contributed by atoms with Gasteiger partial charge in [-0.05, 0) is 57.2 Å². The number of carbonyl (C=O) groups excluding carboxylic acids is 1. The second kappa shape index (κ2) is 6.78. The fraction of sp³-hybridized carbons (Fsp3) is 0.722. The van der Waals surface area contributed by atoms with Gasteiger partial charge in [0.2, 0.25) is 5.91 Å². The summed E-state index contributed by atoms with van der Waals surface area (Å²) in [6, 6.07) is 0. The molecule has 1 heterocycles. The molecule has 1 fully saturated rings. The summed E-state index contributed by atoms with van der Waals surface area (Å²) in [6.07, 6.45) is 8.62. The molecule has 0 spiro atoms. The van der Waals surface area contributed by atoms with E-state index in [0.717, 1.165) is 32.6 Å². The molecule has 0 aromatic heterocycles. The van der Waals surface area contributed by atoms with E-state index in [-0.39, 0.29) is 11.3 Å². The topological polar surface area (TPSA) is 23.6 Å². The van der Waals surface area contributed by atoms with Crippen LogP contribution in [0.25, 0.3) is 0 Å². The number of likely N-dealkylation sites (N-methyl/N-ethyl adjacent to an activating group) is 1. The predicted octanol–water partition coefficient (Wildman–Crippen LogP) is 3.23. The van der Waals surface area contributed by atoms with E-state index in [4.69, 9.17) is 0 Å². The summed E-state index contributed by atoms with van der Waals surface area (Å²) in [6.45, 7) is 10.6. The lowest BCUT2D eigenvalue weighted by molar-refractivity contribution is -0.125. The van der Waals surface area contributed by atoms with Crippen molar-refractivity contribution in [2.24, 2.45) is 5.41 Å². The number of allylic oxidation sites excluding steroid dienone is 3. The quantitative estimate of drug-likeness (QED) is 0.729. The average molecular weight is 290 g/mol. The van der Waals surface area contributed by atoms with E-state index in [0.29, 0.717) is 0 Å². The molecule has 0 aromatic rings. The zero-order chi connectivity index (χ0) is 15.5. The second-order valence-corrected chi connectivity index (χ2v) is 7.25. The van der Waals surface area contributed by atoms with E-state index in [1.54, 1.807) is 6.08 Å². The van der Waals surface area contributed by atoms with Gasteiger partial charge in [-0.25, -0.2) is 0 Å². The van der Waals surface area contributed by atoms with Gasteiger partial charge in [0.1, 0.15) is 0 Å². The Hall–Kier alpha value is -1.09. The average Bonchev–Trinajstić information content (AvgIpc) is 2.62. The first kappa shape index (κ1) is 16.3. The molecule has 0 N–H and O–H groups in total. The first-order chi connectivity index (χ1) is 9.90. The van der Waals surface area contributed by atoms with Crippen LogP contribution in [0, 0.1) is 5.41 Å². The van der Waals surface area contributed by atoms with Gasteiger partial charge in [-0.1, -0.05) is 25.5 Å². The van der Waals surface area contributed by atoms with Gasteiger partial charge in [-0.15, -0.1) is 0 Å². The molecular weight excluding hydrogens is 260 g/mol. The van der Waals surface area contributed by atoms with E-state index in [1.165, 1.54) is 30.4 Å². The normalized spacial score (nSPS) is 24.5. The van der Waals surface area contributed by atoms with Crippen molar-refractivity contribution in [2.45, 2.75) is 46.5 Å². The van der Waals surface area contributed by atoms with Crippen LogP contribution < -0.4 is 0 Å². The highest BCUT2D eigenvalue weighted by Gasteiger charge is 2.27. The molecule has 118 valence electrons. The maximum atomic E-state index is 12.4. The van der Waals surface area contributed by atoms with E-state index in [9.17, 15) is 4.79 Å². The van der Waals surface area contributed by atoms with Crippen molar-refractivity contribution < 1.29 is 4.79 Å². The Balaban J connectivity index is 2.04. The van der Waals surface area contributed by atoms with Crippen LogP contribution in [0.5, 0.6) is 0 Å². The first-order valence-corrected chi connectivity index (χ1v) is 8.26. The maximum Gasteiger partial charge on any atom is 0.246 e. The molecular formula is C18H30N2O. The lowest BCUT2D eigenvalue weighted by atomic mass is 9.72. The summed E-state index contributed by atoms with van der Waals surface area (Å²) < 4.78 is 0. The van der Waals surface area contributed by atoms with Crippen LogP contribution in [0.4, 0.5) is 0 Å². The monoisotopic (exact) mass is 290 g/mol. The standard InChI is InChI=1S/C18H30N2O/c1-15-7-5-10-18(2,3)16(15)8-9-17(21)20-12-6-11-19(4)13-14-20/h8-9H,5-7,10-14H2,1-4H3. The van der Waals surface area contributed by atoms with Crippen LogP contribution >= 0.6 is 0 Å². The van der Waals surface area contributed by atoms with E-state index < -0.39 is 0 Å². The van der Waals surface area contributed by atoms with Crippen molar-refractivity contribution in [3.05, 3.63) is 23.3 Å². The molecule has 1 aliphatic carbocycles. The molecule has 0 saturated carbocycles. The van der Waals surface area contributed by atoms with Crippen molar-refractivity contribution in [2.75, 3.05) is 33.2 Å². The molecule has 3 heteroatoms. The smallest absolute Gasteiger partial charge is 0.246 e. The van der Waals surface area contributed by atoms with E-state index >= 15 is 0 Å². The van der Waals surface area contributed by atoms with Gasteiger partial charge in [0.05, 0.1) is 0 Å². The molecule has 1 amide bonds. The number of carbonyl (C=O) groups is 1. The van der Waals surface area contributed by atoms with Crippen LogP contribution in [-0.4, -0.2) is 48.9 Å². The molecule has 1 saturated heterocycles. The SMILES string of the molecule is CC1=C(C=CC(=O)N2CCCN(C)CC2)C(C)(C)CCC1. The Morgan fingerprint density at radius 3 is 2.62 bits per heavy atom. The molecule has 0 aromatic carbocycles. The van der Waals surface area contributed by atoms with Crippen LogP contribution in [0.15, 0.2) is 23.3 Å². The molecule has 3 nitrogen and oxygen atoms in total. The highest BCUT2D eigenvalue weighted by Crippen LogP contribution is 2.40. The zero-order valence-corrected chi connectivity index (χ0v) is 14.1. The minimum Gasteiger partial charge on any atom is -0.338 e. The molecule has 2 aliphatic rings. The summed E-state index contributed by atoms with van der Waals surface area (Å²) in [4.78, 5) is 16.7. The number of hydrogen-bond donors (Lipinski definition) is 0. The van der Waals surface area contributed by atoms with Gasteiger partial charge in [0.25, 0.3) is 0 Å². The van der Waals surface area contributed by atoms with Crippen LogP contribution in [-0.2, 0) is 4.79 Å². The number of amides is 1. The predicted molar refractivity (Wildman–Crippen MR) is 88.2 cm³/mol. The second-order valence-electron chi connectivity index (χ2n) is 7.25. The van der Waals surface area contributed by atoms with Gasteiger partial charge in [0.15, 0.2) is 0 Å². The third-order valence-electron chi connectivity index (χ3n) is 4.97. The Morgan fingerprint density at radius 1 is 1.14 bits per heavy atom. The Labute approximate surface area is 129 Å². The van der Waals surface area contributed by atoms with E-state index in [1.807, 2.05) is 4.90 Å². The summed E-state index contributed by atoms with van der Waals surface area (Å²) in [7, 11) is 2.13. The van der Waals surface area contributed by atoms with Crippen molar-refractivity contribution in [1.29, 1.82) is 0 Å². The fourth-order valence-electron chi connectivity index (χ4n) is 3.54. The van der Waals surface area contributed by atoms with Gasteiger partial charge >= 0.3 is 0 Å². The molecule has 0 radical (unpaired) electrons. The highest BCUT2D eigenvalue weighted by molar-refractivity contribution is 5.88. The van der Waals surface area contributed by atoms with Crippen molar-refractivity contribution in [3.63, 3.8) is 0 Å². The molecule has 0 unspecified atom stereocenters. The molecule has 21 heavy (non-hydrogen) atoms. The van der Waals surface area contributed by atoms with Crippen molar-refractivity contribution in [1.82, 2.24) is 9.80 Å². The summed E-state index contributed by atoms with van der Waals surface area (Å²) >= 11 is 0. The minimum atomic E-state index is 0.173. The Bertz CT molecular complexity index is 448.